The summed E-state index contributed by atoms with van der Waals surface area (Å²) >= 11 is 1.78. The van der Waals surface area contributed by atoms with Crippen molar-refractivity contribution in [1.82, 2.24) is 14.9 Å². The van der Waals surface area contributed by atoms with Gasteiger partial charge in [-0.3, -0.25) is 9.98 Å². The summed E-state index contributed by atoms with van der Waals surface area (Å²) in [6.07, 6.45) is 10.3. The second kappa shape index (κ2) is 11.8. The molecule has 6 heteroatoms. The van der Waals surface area contributed by atoms with Gasteiger partial charge in [-0.1, -0.05) is 97.1 Å². The number of pyridine rings is 1. The number of nitrogens with one attached hydrogen (secondary N) is 1. The number of furan rings is 1. The maximum absolute atomic E-state index is 7.01. The summed E-state index contributed by atoms with van der Waals surface area (Å²) < 4.78 is 10.7. The molecule has 1 aliphatic rings. The number of hydrogen-bond donors (Lipinski definition) is 1. The van der Waals surface area contributed by atoms with Gasteiger partial charge in [0.1, 0.15) is 5.76 Å². The van der Waals surface area contributed by atoms with E-state index in [1.807, 2.05) is 32.6 Å². The minimum atomic E-state index is -0.237. The lowest BCUT2D eigenvalue weighted by Crippen LogP contribution is -2.12. The first-order valence-corrected chi connectivity index (χ1v) is 17.5. The van der Waals surface area contributed by atoms with E-state index in [-0.39, 0.29) is 6.04 Å². The van der Waals surface area contributed by atoms with E-state index in [4.69, 9.17) is 9.41 Å². The number of allylic oxidation sites excluding steroid dienone is 1. The second-order valence-electron chi connectivity index (χ2n) is 12.6. The van der Waals surface area contributed by atoms with Gasteiger partial charge in [0.15, 0.2) is 5.58 Å². The molecule has 5 aromatic carbocycles. The van der Waals surface area contributed by atoms with Gasteiger partial charge < -0.3 is 14.3 Å². The normalized spacial score (nSPS) is 13.3. The van der Waals surface area contributed by atoms with Crippen molar-refractivity contribution >= 4 is 94.2 Å². The largest absolute Gasteiger partial charge is 0.458 e. The Morgan fingerprint density at radius 3 is 2.33 bits per heavy atom. The molecule has 4 aromatic heterocycles. The standard InChI is InChI=1S/C41H27N3OS.C2H7N/c1-42-36-30-17-7-9-19-33(30)46-41(36)37(25-12-10-22-43-23-25)44-38-26-13-3-2-11-24(26)20-21-31(38)34-27-14-4-5-15-28(27)35-29-16-6-8-18-32(29)45-40(35)39(34)44;1-3-2/h2-7,9-17,19-23,37H,1,8,18H2;3H,1-2H3. The van der Waals surface area contributed by atoms with Gasteiger partial charge in [-0.2, -0.15) is 0 Å². The first-order chi connectivity index (χ1) is 24.2. The highest BCUT2D eigenvalue weighted by atomic mass is 32.1. The fourth-order valence-corrected chi connectivity index (χ4v) is 9.09. The average molecular weight is 655 g/mol. The van der Waals surface area contributed by atoms with Crippen LogP contribution in [-0.2, 0) is 6.42 Å². The number of nitrogens with zero attached hydrogens (tertiary/aromatic N) is 3. The van der Waals surface area contributed by atoms with E-state index in [0.717, 1.165) is 51.2 Å². The van der Waals surface area contributed by atoms with E-state index in [1.165, 1.54) is 53.5 Å². The lowest BCUT2D eigenvalue weighted by Gasteiger charge is -2.22. The number of benzene rings is 5. The predicted molar refractivity (Wildman–Crippen MR) is 209 cm³/mol. The van der Waals surface area contributed by atoms with Gasteiger partial charge in [0.05, 0.1) is 27.6 Å². The Bertz CT molecular complexity index is 2750. The van der Waals surface area contributed by atoms with Crippen molar-refractivity contribution in [3.8, 4) is 0 Å². The predicted octanol–water partition coefficient (Wildman–Crippen LogP) is 11.2. The van der Waals surface area contributed by atoms with Crippen LogP contribution in [0.3, 0.4) is 0 Å². The molecule has 9 aromatic rings. The Hall–Kier alpha value is -5.56. The Labute approximate surface area is 287 Å². The molecule has 0 saturated heterocycles. The quantitative estimate of drug-likeness (QED) is 0.192. The highest BCUT2D eigenvalue weighted by molar-refractivity contribution is 7.19. The fraction of sp³-hybridized carbons (Fsp3) is 0.116. The molecule has 0 saturated carbocycles. The van der Waals surface area contributed by atoms with Crippen LogP contribution in [0.1, 0.15) is 34.2 Å². The van der Waals surface area contributed by atoms with E-state index in [2.05, 4.69) is 125 Å². The van der Waals surface area contributed by atoms with E-state index in [1.54, 1.807) is 11.3 Å². The van der Waals surface area contributed by atoms with Crippen LogP contribution in [0.2, 0.25) is 0 Å². The molecule has 238 valence electrons. The molecule has 10 rings (SSSR count). The third kappa shape index (κ3) is 4.41. The van der Waals surface area contributed by atoms with E-state index >= 15 is 0 Å². The second-order valence-corrected chi connectivity index (χ2v) is 13.6. The monoisotopic (exact) mass is 654 g/mol. The topological polar surface area (TPSA) is 55.4 Å². The number of fused-ring (bicyclic) bond motifs is 13. The summed E-state index contributed by atoms with van der Waals surface area (Å²) in [6.45, 7) is 4.09. The Morgan fingerprint density at radius 1 is 0.816 bits per heavy atom. The third-order valence-corrected chi connectivity index (χ3v) is 10.9. The van der Waals surface area contributed by atoms with Crippen LogP contribution in [0.5, 0.6) is 0 Å². The SMILES string of the molecule is C=Nc1c(C(c2cccnc2)n2c3c4ccccc4ccc3c3c4ccccc4c4c5c(oc4c32)CCC=C5)sc2ccccc12.CNC. The summed E-state index contributed by atoms with van der Waals surface area (Å²) in [4.78, 5) is 10.5. The number of hydrogen-bond acceptors (Lipinski definition) is 5. The molecule has 1 aliphatic carbocycles. The molecule has 0 amide bonds. The van der Waals surface area contributed by atoms with Crippen molar-refractivity contribution in [2.75, 3.05) is 14.1 Å². The molecule has 1 atom stereocenters. The van der Waals surface area contributed by atoms with Crippen LogP contribution in [0.25, 0.3) is 70.5 Å². The van der Waals surface area contributed by atoms with Gasteiger partial charge in [0.25, 0.3) is 0 Å². The highest BCUT2D eigenvalue weighted by Gasteiger charge is 2.32. The van der Waals surface area contributed by atoms with Gasteiger partial charge >= 0.3 is 0 Å². The maximum Gasteiger partial charge on any atom is 0.159 e. The van der Waals surface area contributed by atoms with Crippen molar-refractivity contribution in [2.24, 2.45) is 4.99 Å². The molecule has 4 heterocycles. The minimum absolute atomic E-state index is 0.237. The van der Waals surface area contributed by atoms with Crippen LogP contribution in [0.15, 0.2) is 125 Å². The molecule has 1 unspecified atom stereocenters. The number of rotatable bonds is 4. The number of thiophene rings is 1. The molecule has 1 N–H and O–H groups in total. The number of aryl methyl sites for hydroxylation is 1. The van der Waals surface area contributed by atoms with Gasteiger partial charge in [-0.05, 0) is 61.1 Å². The van der Waals surface area contributed by atoms with Crippen LogP contribution in [0.4, 0.5) is 5.69 Å². The maximum atomic E-state index is 7.01. The minimum Gasteiger partial charge on any atom is -0.458 e. The summed E-state index contributed by atoms with van der Waals surface area (Å²) in [5, 5.41) is 12.3. The lowest BCUT2D eigenvalue weighted by atomic mass is 9.95. The van der Waals surface area contributed by atoms with Gasteiger partial charge in [-0.15, -0.1) is 11.3 Å². The number of aromatic nitrogens is 2. The van der Waals surface area contributed by atoms with E-state index < -0.39 is 0 Å². The van der Waals surface area contributed by atoms with Gasteiger partial charge in [-0.25, -0.2) is 0 Å². The zero-order valence-electron chi connectivity index (χ0n) is 27.4. The molecule has 0 bridgehead atoms. The average Bonchev–Trinajstić information content (AvgIpc) is 3.83. The third-order valence-electron chi connectivity index (χ3n) is 9.67. The summed E-state index contributed by atoms with van der Waals surface area (Å²) in [5.74, 6) is 1.06. The van der Waals surface area contributed by atoms with Crippen LogP contribution in [-0.4, -0.2) is 30.4 Å². The zero-order chi connectivity index (χ0) is 33.1. The molecule has 0 aliphatic heterocycles. The first kappa shape index (κ1) is 29.6. The molecule has 0 radical (unpaired) electrons. The van der Waals surface area contributed by atoms with Crippen molar-refractivity contribution in [1.29, 1.82) is 0 Å². The summed E-state index contributed by atoms with van der Waals surface area (Å²) in [7, 11) is 3.75. The summed E-state index contributed by atoms with van der Waals surface area (Å²) in [5.41, 5.74) is 6.43. The van der Waals surface area contributed by atoms with E-state index in [9.17, 15) is 0 Å². The molecular weight excluding hydrogens is 621 g/mol. The van der Waals surface area contributed by atoms with Crippen molar-refractivity contribution in [3.63, 3.8) is 0 Å². The smallest absolute Gasteiger partial charge is 0.159 e. The van der Waals surface area contributed by atoms with Crippen LogP contribution >= 0.6 is 11.3 Å². The fourth-order valence-electron chi connectivity index (χ4n) is 7.81. The van der Waals surface area contributed by atoms with Crippen molar-refractivity contribution in [3.05, 3.63) is 137 Å². The molecular formula is C43H34N4OS. The molecule has 0 spiro atoms. The molecule has 0 fully saturated rings. The lowest BCUT2D eigenvalue weighted by molar-refractivity contribution is 0.546. The molecule has 5 nitrogen and oxygen atoms in total. The first-order valence-electron chi connectivity index (χ1n) is 16.7. The summed E-state index contributed by atoms with van der Waals surface area (Å²) in [6, 6.07) is 34.6. The Morgan fingerprint density at radius 2 is 1.55 bits per heavy atom. The Balaban J connectivity index is 0.00000105. The van der Waals surface area contributed by atoms with Crippen LogP contribution < -0.4 is 5.32 Å². The number of aliphatic imine (C=N–C) groups is 1. The van der Waals surface area contributed by atoms with Crippen LogP contribution in [0, 0.1) is 0 Å². The molecule has 49 heavy (non-hydrogen) atoms. The van der Waals surface area contributed by atoms with Crippen molar-refractivity contribution in [2.45, 2.75) is 18.9 Å². The van der Waals surface area contributed by atoms with E-state index in [0.29, 0.717) is 0 Å². The highest BCUT2D eigenvalue weighted by Crippen LogP contribution is 2.51. The van der Waals surface area contributed by atoms with Gasteiger partial charge in [0, 0.05) is 56.0 Å². The Kier molecular flexibility index (Phi) is 7.15. The van der Waals surface area contributed by atoms with Gasteiger partial charge in [0.2, 0.25) is 0 Å². The van der Waals surface area contributed by atoms with Crippen molar-refractivity contribution < 1.29 is 4.42 Å². The zero-order valence-corrected chi connectivity index (χ0v) is 28.2.